The molecule has 2 nitrogen and oxygen atoms in total. The zero-order valence-corrected chi connectivity index (χ0v) is 28.9. The van der Waals surface area contributed by atoms with Crippen molar-refractivity contribution >= 4 is 53.1 Å². The molecule has 0 bridgehead atoms. The van der Waals surface area contributed by atoms with Crippen molar-refractivity contribution in [1.82, 2.24) is 9.97 Å². The maximum absolute atomic E-state index is 5.01. The Morgan fingerprint density at radius 1 is 0.385 bits per heavy atom. The Balaban J connectivity index is 1.20. The standard InChI is InChI=1S/C49H30N2S/c1-2-14-31(15-3-1)45-33-16-4-6-18-35(33)46(36-19-7-5-17-34(36)45)32-24-27-42-39(30-32)37-25-26-41-47(48(37)52-42)38-20-8-9-21-40(38)49(41,43-22-10-12-28-50-43)44-23-11-13-29-51-44/h1-30H. The molecule has 52 heavy (non-hydrogen) atoms. The van der Waals surface area contributed by atoms with Crippen LogP contribution in [0, 0.1) is 0 Å². The molecular weight excluding hydrogens is 649 g/mol. The van der Waals surface area contributed by atoms with Gasteiger partial charge in [0, 0.05) is 38.1 Å². The molecule has 0 spiro atoms. The molecule has 3 heteroatoms. The predicted molar refractivity (Wildman–Crippen MR) is 218 cm³/mol. The summed E-state index contributed by atoms with van der Waals surface area (Å²) in [5.74, 6) is 0. The van der Waals surface area contributed by atoms with Gasteiger partial charge in [0.1, 0.15) is 5.41 Å². The SMILES string of the molecule is c1ccc(-c2c3ccccc3c(-c3ccc4sc5c6c(ccc5c4c3)C(c3ccccn3)(c3ccccn3)c3ccccc3-6)c3ccccc23)cc1. The van der Waals surface area contributed by atoms with E-state index in [0.29, 0.717) is 0 Å². The van der Waals surface area contributed by atoms with Crippen LogP contribution >= 0.6 is 11.3 Å². The highest BCUT2D eigenvalue weighted by Gasteiger charge is 2.49. The van der Waals surface area contributed by atoms with E-state index < -0.39 is 5.41 Å². The Morgan fingerprint density at radius 2 is 0.962 bits per heavy atom. The number of benzene rings is 7. The highest BCUT2D eigenvalue weighted by atomic mass is 32.1. The molecule has 3 heterocycles. The first-order chi connectivity index (χ1) is 25.8. The first-order valence-corrected chi connectivity index (χ1v) is 18.6. The Bertz CT molecular complexity index is 2910. The number of hydrogen-bond acceptors (Lipinski definition) is 3. The second-order valence-electron chi connectivity index (χ2n) is 13.6. The van der Waals surface area contributed by atoms with E-state index in [2.05, 4.69) is 158 Å². The van der Waals surface area contributed by atoms with Gasteiger partial charge in [0.2, 0.25) is 0 Å². The zero-order chi connectivity index (χ0) is 34.2. The fourth-order valence-electron chi connectivity index (χ4n) is 8.96. The summed E-state index contributed by atoms with van der Waals surface area (Å²) in [7, 11) is 0. The van der Waals surface area contributed by atoms with Crippen molar-refractivity contribution in [3.63, 3.8) is 0 Å². The molecule has 0 N–H and O–H groups in total. The number of nitrogens with zero attached hydrogens (tertiary/aromatic N) is 2. The molecule has 1 aliphatic rings. The highest BCUT2D eigenvalue weighted by Crippen LogP contribution is 2.58. The molecule has 0 atom stereocenters. The Hall–Kier alpha value is -6.42. The van der Waals surface area contributed by atoms with Gasteiger partial charge in [0.25, 0.3) is 0 Å². The number of aromatic nitrogens is 2. The van der Waals surface area contributed by atoms with Gasteiger partial charge in [-0.1, -0.05) is 133 Å². The first-order valence-electron chi connectivity index (χ1n) is 17.7. The summed E-state index contributed by atoms with van der Waals surface area (Å²) in [5, 5.41) is 7.64. The second-order valence-corrected chi connectivity index (χ2v) is 14.7. The fraction of sp³-hybridized carbons (Fsp3) is 0.0204. The smallest absolute Gasteiger partial charge is 0.106 e. The van der Waals surface area contributed by atoms with Gasteiger partial charge in [0.05, 0.1) is 11.4 Å². The van der Waals surface area contributed by atoms with Crippen molar-refractivity contribution in [2.75, 3.05) is 0 Å². The van der Waals surface area contributed by atoms with Gasteiger partial charge < -0.3 is 0 Å². The van der Waals surface area contributed by atoms with Crippen LogP contribution in [0.4, 0.5) is 0 Å². The predicted octanol–water partition coefficient (Wildman–Crippen LogP) is 12.8. The summed E-state index contributed by atoms with van der Waals surface area (Å²) in [6.45, 7) is 0. The summed E-state index contributed by atoms with van der Waals surface area (Å²) >= 11 is 1.89. The van der Waals surface area contributed by atoms with Crippen LogP contribution in [0.2, 0.25) is 0 Å². The lowest BCUT2D eigenvalue weighted by Gasteiger charge is -2.31. The van der Waals surface area contributed by atoms with Gasteiger partial charge in [-0.05, 0) is 96.9 Å². The minimum absolute atomic E-state index is 0.623. The number of hydrogen-bond donors (Lipinski definition) is 0. The third-order valence-electron chi connectivity index (χ3n) is 11.0. The highest BCUT2D eigenvalue weighted by molar-refractivity contribution is 7.26. The Labute approximate surface area is 305 Å². The summed E-state index contributed by atoms with van der Waals surface area (Å²) in [6, 6.07) is 61.7. The fourth-order valence-corrected chi connectivity index (χ4v) is 10.2. The summed E-state index contributed by atoms with van der Waals surface area (Å²) in [4.78, 5) is 10.0. The lowest BCUT2D eigenvalue weighted by molar-refractivity contribution is 0.706. The van der Waals surface area contributed by atoms with Crippen LogP contribution in [-0.4, -0.2) is 9.97 Å². The maximum Gasteiger partial charge on any atom is 0.106 e. The van der Waals surface area contributed by atoms with Gasteiger partial charge in [-0.15, -0.1) is 11.3 Å². The van der Waals surface area contributed by atoms with Crippen LogP contribution in [0.5, 0.6) is 0 Å². The molecule has 11 rings (SSSR count). The molecule has 10 aromatic rings. The van der Waals surface area contributed by atoms with E-state index >= 15 is 0 Å². The molecule has 0 radical (unpaired) electrons. The third kappa shape index (κ3) is 4.00. The Morgan fingerprint density at radius 3 is 1.60 bits per heavy atom. The van der Waals surface area contributed by atoms with Crippen molar-refractivity contribution in [3.05, 3.63) is 205 Å². The van der Waals surface area contributed by atoms with E-state index in [1.165, 1.54) is 86.2 Å². The molecule has 0 unspecified atom stereocenters. The van der Waals surface area contributed by atoms with Gasteiger partial charge in [-0.2, -0.15) is 0 Å². The number of thiophene rings is 1. The number of rotatable bonds is 4. The van der Waals surface area contributed by atoms with Crippen molar-refractivity contribution in [2.45, 2.75) is 5.41 Å². The topological polar surface area (TPSA) is 25.8 Å². The van der Waals surface area contributed by atoms with Crippen molar-refractivity contribution < 1.29 is 0 Å². The lowest BCUT2D eigenvalue weighted by Crippen LogP contribution is -2.30. The van der Waals surface area contributed by atoms with E-state index in [1.54, 1.807) is 0 Å². The molecule has 7 aromatic carbocycles. The van der Waals surface area contributed by atoms with Gasteiger partial charge >= 0.3 is 0 Å². The van der Waals surface area contributed by atoms with Crippen LogP contribution in [0.25, 0.3) is 75.1 Å². The third-order valence-corrected chi connectivity index (χ3v) is 12.2. The Kier molecular flexibility index (Phi) is 6.37. The van der Waals surface area contributed by atoms with Gasteiger partial charge in [-0.25, -0.2) is 0 Å². The minimum atomic E-state index is -0.623. The zero-order valence-electron chi connectivity index (χ0n) is 28.1. The van der Waals surface area contributed by atoms with Crippen molar-refractivity contribution in [2.24, 2.45) is 0 Å². The molecular formula is C49H30N2S. The van der Waals surface area contributed by atoms with E-state index in [4.69, 9.17) is 9.97 Å². The van der Waals surface area contributed by atoms with Gasteiger partial charge in [0.15, 0.2) is 0 Å². The average Bonchev–Trinajstić information content (AvgIpc) is 3.74. The van der Waals surface area contributed by atoms with Crippen molar-refractivity contribution in [1.29, 1.82) is 0 Å². The molecule has 0 fully saturated rings. The minimum Gasteiger partial charge on any atom is -0.260 e. The monoisotopic (exact) mass is 678 g/mol. The van der Waals surface area contributed by atoms with Crippen LogP contribution < -0.4 is 0 Å². The van der Waals surface area contributed by atoms with E-state index in [1.807, 2.05) is 35.9 Å². The number of pyridine rings is 2. The number of fused-ring (bicyclic) bond motifs is 9. The van der Waals surface area contributed by atoms with E-state index in [9.17, 15) is 0 Å². The summed E-state index contributed by atoms with van der Waals surface area (Å²) < 4.78 is 2.59. The largest absolute Gasteiger partial charge is 0.260 e. The van der Waals surface area contributed by atoms with E-state index in [0.717, 1.165) is 11.4 Å². The van der Waals surface area contributed by atoms with Gasteiger partial charge in [-0.3, -0.25) is 9.97 Å². The van der Waals surface area contributed by atoms with Crippen LogP contribution in [0.3, 0.4) is 0 Å². The van der Waals surface area contributed by atoms with E-state index in [-0.39, 0.29) is 0 Å². The van der Waals surface area contributed by atoms with Crippen LogP contribution in [0.1, 0.15) is 22.5 Å². The van der Waals surface area contributed by atoms with Crippen molar-refractivity contribution in [3.8, 4) is 33.4 Å². The maximum atomic E-state index is 5.01. The molecule has 0 aliphatic heterocycles. The quantitative estimate of drug-likeness (QED) is 0.173. The summed E-state index contributed by atoms with van der Waals surface area (Å²) in [6.07, 6.45) is 3.81. The normalized spacial score (nSPS) is 13.2. The first kappa shape index (κ1) is 29.3. The van der Waals surface area contributed by atoms with Crippen LogP contribution in [0.15, 0.2) is 182 Å². The summed E-state index contributed by atoms with van der Waals surface area (Å²) in [5.41, 5.74) is 11.4. The van der Waals surface area contributed by atoms with Crippen LogP contribution in [-0.2, 0) is 5.41 Å². The molecule has 0 amide bonds. The molecule has 3 aromatic heterocycles. The second kappa shape index (κ2) is 11.3. The molecule has 0 saturated carbocycles. The molecule has 1 aliphatic carbocycles. The average molecular weight is 679 g/mol. The molecule has 0 saturated heterocycles. The lowest BCUT2D eigenvalue weighted by atomic mass is 9.72. The molecule has 242 valence electrons.